The molecule has 0 aliphatic heterocycles. The third-order valence-corrected chi connectivity index (χ3v) is 4.02. The highest BCUT2D eigenvalue weighted by atomic mass is 16.6. The number of aliphatic hydroxyl groups is 1. The van der Waals surface area contributed by atoms with Crippen molar-refractivity contribution >= 4 is 5.78 Å². The van der Waals surface area contributed by atoms with Crippen LogP contribution in [0.2, 0.25) is 0 Å². The second kappa shape index (κ2) is 4.72. The van der Waals surface area contributed by atoms with Crippen molar-refractivity contribution in [1.82, 2.24) is 0 Å². The fraction of sp³-hybridized carbons (Fsp3) is 0.917. The molecular formula is C12H21NO4. The SMILES string of the molecule is CCC[C@@]1([N+](=O)[O-])CC[C@](C)(O)[C@H](C(C)=O)C1. The van der Waals surface area contributed by atoms with Gasteiger partial charge in [0.15, 0.2) is 0 Å². The van der Waals surface area contributed by atoms with Crippen molar-refractivity contribution in [1.29, 1.82) is 0 Å². The van der Waals surface area contributed by atoms with E-state index < -0.39 is 17.1 Å². The summed E-state index contributed by atoms with van der Waals surface area (Å²) in [5.74, 6) is -0.773. The summed E-state index contributed by atoms with van der Waals surface area (Å²) in [5.41, 5.74) is -2.12. The molecule has 5 nitrogen and oxygen atoms in total. The highest BCUT2D eigenvalue weighted by molar-refractivity contribution is 5.79. The zero-order chi connectivity index (χ0) is 13.3. The Labute approximate surface area is 101 Å². The monoisotopic (exact) mass is 243 g/mol. The third-order valence-electron chi connectivity index (χ3n) is 4.02. The lowest BCUT2D eigenvalue weighted by molar-refractivity contribution is -0.579. The highest BCUT2D eigenvalue weighted by Crippen LogP contribution is 2.43. The van der Waals surface area contributed by atoms with E-state index in [9.17, 15) is 20.0 Å². The van der Waals surface area contributed by atoms with Gasteiger partial charge in [-0.05, 0) is 26.7 Å². The van der Waals surface area contributed by atoms with Gasteiger partial charge >= 0.3 is 0 Å². The molecule has 0 aromatic heterocycles. The molecule has 0 saturated heterocycles. The largest absolute Gasteiger partial charge is 0.389 e. The van der Waals surface area contributed by atoms with E-state index in [-0.39, 0.29) is 17.1 Å². The molecule has 1 N–H and O–H groups in total. The molecule has 1 fully saturated rings. The minimum absolute atomic E-state index is 0.156. The van der Waals surface area contributed by atoms with E-state index in [4.69, 9.17) is 0 Å². The standard InChI is InChI=1S/C12H21NO4/c1-4-5-12(13(16)17)7-6-11(3,15)10(8-12)9(2)14/h10,15H,4-8H2,1-3H3/t10-,11-,12+/m0/s1. The number of nitro groups is 1. The van der Waals surface area contributed by atoms with Gasteiger partial charge in [-0.15, -0.1) is 0 Å². The van der Waals surface area contributed by atoms with Crippen molar-refractivity contribution in [2.45, 2.75) is 64.0 Å². The van der Waals surface area contributed by atoms with E-state index in [1.54, 1.807) is 6.92 Å². The van der Waals surface area contributed by atoms with Gasteiger partial charge in [-0.3, -0.25) is 14.9 Å². The first kappa shape index (κ1) is 14.1. The van der Waals surface area contributed by atoms with Crippen LogP contribution in [0.25, 0.3) is 0 Å². The summed E-state index contributed by atoms with van der Waals surface area (Å²) in [5, 5.41) is 21.4. The Morgan fingerprint density at radius 3 is 2.53 bits per heavy atom. The summed E-state index contributed by atoms with van der Waals surface area (Å²) in [7, 11) is 0. The van der Waals surface area contributed by atoms with Crippen molar-refractivity contribution in [3.63, 3.8) is 0 Å². The molecule has 0 aromatic rings. The van der Waals surface area contributed by atoms with E-state index in [0.717, 1.165) is 0 Å². The lowest BCUT2D eigenvalue weighted by atomic mass is 9.65. The van der Waals surface area contributed by atoms with Crippen LogP contribution in [0.15, 0.2) is 0 Å². The molecule has 0 bridgehead atoms. The lowest BCUT2D eigenvalue weighted by Gasteiger charge is -2.41. The second-order valence-corrected chi connectivity index (χ2v) is 5.46. The molecule has 0 aromatic carbocycles. The van der Waals surface area contributed by atoms with Crippen LogP contribution >= 0.6 is 0 Å². The molecule has 1 aliphatic rings. The van der Waals surface area contributed by atoms with Gasteiger partial charge in [-0.1, -0.05) is 6.92 Å². The number of ketones is 1. The average molecular weight is 243 g/mol. The summed E-state index contributed by atoms with van der Waals surface area (Å²) in [6, 6.07) is 0. The van der Waals surface area contributed by atoms with Crippen molar-refractivity contribution < 1.29 is 14.8 Å². The van der Waals surface area contributed by atoms with Crippen molar-refractivity contribution in [2.24, 2.45) is 5.92 Å². The molecule has 1 rings (SSSR count). The lowest BCUT2D eigenvalue weighted by Crippen LogP contribution is -2.53. The smallest absolute Gasteiger partial charge is 0.223 e. The Morgan fingerprint density at radius 1 is 1.53 bits per heavy atom. The first-order valence-corrected chi connectivity index (χ1v) is 6.12. The van der Waals surface area contributed by atoms with Crippen LogP contribution in [0, 0.1) is 16.0 Å². The maximum atomic E-state index is 11.5. The number of carbonyl (C=O) groups is 1. The van der Waals surface area contributed by atoms with Gasteiger partial charge in [0, 0.05) is 24.2 Å². The molecule has 1 aliphatic carbocycles. The minimum Gasteiger partial charge on any atom is -0.389 e. The first-order chi connectivity index (χ1) is 7.75. The Morgan fingerprint density at radius 2 is 2.12 bits per heavy atom. The number of Topliss-reactive ketones (excluding diaryl/α,β-unsaturated/α-hetero) is 1. The summed E-state index contributed by atoms with van der Waals surface area (Å²) in [4.78, 5) is 22.6. The molecule has 0 heterocycles. The van der Waals surface area contributed by atoms with Gasteiger partial charge < -0.3 is 5.11 Å². The summed E-state index contributed by atoms with van der Waals surface area (Å²) >= 11 is 0. The summed E-state index contributed by atoms with van der Waals surface area (Å²) in [6.45, 7) is 4.91. The van der Waals surface area contributed by atoms with Crippen LogP contribution in [0.3, 0.4) is 0 Å². The van der Waals surface area contributed by atoms with Crippen molar-refractivity contribution in [2.75, 3.05) is 0 Å². The summed E-state index contributed by atoms with van der Waals surface area (Å²) in [6.07, 6.45) is 2.02. The van der Waals surface area contributed by atoms with E-state index in [2.05, 4.69) is 0 Å². The van der Waals surface area contributed by atoms with Gasteiger partial charge in [0.05, 0.1) is 11.5 Å². The highest BCUT2D eigenvalue weighted by Gasteiger charge is 2.54. The minimum atomic E-state index is -1.10. The number of hydrogen-bond donors (Lipinski definition) is 1. The van der Waals surface area contributed by atoms with Crippen LogP contribution in [0.1, 0.15) is 52.9 Å². The van der Waals surface area contributed by atoms with Crippen molar-refractivity contribution in [3.8, 4) is 0 Å². The van der Waals surface area contributed by atoms with Gasteiger partial charge in [-0.2, -0.15) is 0 Å². The van der Waals surface area contributed by atoms with Crippen LogP contribution < -0.4 is 0 Å². The van der Waals surface area contributed by atoms with Crippen LogP contribution in [0.4, 0.5) is 0 Å². The van der Waals surface area contributed by atoms with E-state index >= 15 is 0 Å². The molecule has 0 radical (unpaired) electrons. The van der Waals surface area contributed by atoms with E-state index in [1.165, 1.54) is 6.92 Å². The van der Waals surface area contributed by atoms with Crippen LogP contribution in [0.5, 0.6) is 0 Å². The number of nitrogens with zero attached hydrogens (tertiary/aromatic N) is 1. The average Bonchev–Trinajstić information content (AvgIpc) is 2.20. The fourth-order valence-electron chi connectivity index (χ4n) is 2.89. The summed E-state index contributed by atoms with van der Waals surface area (Å²) < 4.78 is 0. The van der Waals surface area contributed by atoms with Gasteiger partial charge in [0.2, 0.25) is 5.54 Å². The molecule has 0 amide bonds. The number of hydrogen-bond acceptors (Lipinski definition) is 4. The predicted octanol–water partition coefficient (Wildman–Crippen LogP) is 1.94. The predicted molar refractivity (Wildman–Crippen MR) is 63.3 cm³/mol. The molecule has 0 unspecified atom stereocenters. The molecule has 3 atom stereocenters. The molecule has 5 heteroatoms. The van der Waals surface area contributed by atoms with E-state index in [0.29, 0.717) is 25.7 Å². The fourth-order valence-corrected chi connectivity index (χ4v) is 2.89. The Balaban J connectivity index is 3.00. The van der Waals surface area contributed by atoms with Crippen LogP contribution in [-0.2, 0) is 4.79 Å². The third kappa shape index (κ3) is 2.65. The quantitative estimate of drug-likeness (QED) is 0.604. The van der Waals surface area contributed by atoms with Crippen molar-refractivity contribution in [3.05, 3.63) is 10.1 Å². The molecule has 98 valence electrons. The van der Waals surface area contributed by atoms with Gasteiger partial charge in [-0.25, -0.2) is 0 Å². The Hall–Kier alpha value is -0.970. The second-order valence-electron chi connectivity index (χ2n) is 5.46. The Bertz CT molecular complexity index is 326. The first-order valence-electron chi connectivity index (χ1n) is 6.12. The number of rotatable bonds is 4. The van der Waals surface area contributed by atoms with Crippen LogP contribution in [-0.4, -0.2) is 27.0 Å². The zero-order valence-electron chi connectivity index (χ0n) is 10.7. The Kier molecular flexibility index (Phi) is 3.91. The van der Waals surface area contributed by atoms with E-state index in [1.807, 2.05) is 6.92 Å². The van der Waals surface area contributed by atoms with Gasteiger partial charge in [0.25, 0.3) is 0 Å². The molecule has 0 spiro atoms. The number of carbonyl (C=O) groups excluding carboxylic acids is 1. The molecule has 1 saturated carbocycles. The molecular weight excluding hydrogens is 222 g/mol. The maximum Gasteiger partial charge on any atom is 0.223 e. The topological polar surface area (TPSA) is 80.4 Å². The normalized spacial score (nSPS) is 37.8. The maximum absolute atomic E-state index is 11.5. The molecule has 17 heavy (non-hydrogen) atoms. The zero-order valence-corrected chi connectivity index (χ0v) is 10.7. The van der Waals surface area contributed by atoms with Gasteiger partial charge in [0.1, 0.15) is 5.78 Å².